The van der Waals surface area contributed by atoms with E-state index in [1.165, 1.54) is 11.1 Å². The zero-order chi connectivity index (χ0) is 14.2. The van der Waals surface area contributed by atoms with E-state index in [-0.39, 0.29) is 46.5 Å². The molecule has 0 radical (unpaired) electrons. The number of rotatable bonds is 4. The summed E-state index contributed by atoms with van der Waals surface area (Å²) in [5.41, 5.74) is 6.01. The van der Waals surface area contributed by atoms with Crippen molar-refractivity contribution in [2.75, 3.05) is 0 Å². The molecule has 22 heavy (non-hydrogen) atoms. The Bertz CT molecular complexity index is 479. The van der Waals surface area contributed by atoms with Crippen LogP contribution in [0.15, 0.2) is 32.7 Å². The van der Waals surface area contributed by atoms with E-state index in [4.69, 9.17) is 0 Å². The molecule has 0 aromatic rings. The van der Waals surface area contributed by atoms with Gasteiger partial charge in [0.1, 0.15) is 0 Å². The molecular weight excluding hydrogens is 363 g/mol. The molecule has 0 nitrogen and oxygen atoms in total. The van der Waals surface area contributed by atoms with Gasteiger partial charge in [-0.1, -0.05) is 39.8 Å². The van der Waals surface area contributed by atoms with Crippen molar-refractivity contribution >= 4 is 8.07 Å². The summed E-state index contributed by atoms with van der Waals surface area (Å²) in [6, 6.07) is 0. The van der Waals surface area contributed by atoms with E-state index < -0.39 is 8.07 Å². The topological polar surface area (TPSA) is 0 Å². The van der Waals surface area contributed by atoms with Crippen LogP contribution in [0.3, 0.4) is 0 Å². The quantitative estimate of drug-likeness (QED) is 0.449. The first-order valence-electron chi connectivity index (χ1n) is 7.54. The second-order valence-corrected chi connectivity index (χ2v) is 10.7. The third kappa shape index (κ3) is 4.30. The summed E-state index contributed by atoms with van der Waals surface area (Å²) < 4.78 is 0. The summed E-state index contributed by atoms with van der Waals surface area (Å²) in [6.07, 6.45) is 11.6. The number of hydrogen-bond donors (Lipinski definition) is 0. The zero-order valence-electron chi connectivity index (χ0n) is 14.6. The summed E-state index contributed by atoms with van der Waals surface area (Å²) in [6.45, 7) is 14.1. The number of halogens is 2. The Kier molecular flexibility index (Phi) is 10.9. The van der Waals surface area contributed by atoms with Crippen molar-refractivity contribution in [3.05, 3.63) is 44.8 Å². The van der Waals surface area contributed by atoms with Gasteiger partial charge >= 0.3 is 21.7 Å². The fourth-order valence-electron chi connectivity index (χ4n) is 3.63. The monoisotopic (exact) mass is 388 g/mol. The molecule has 0 unspecified atom stereocenters. The molecule has 4 heteroatoms. The Morgan fingerprint density at radius 1 is 0.818 bits per heavy atom. The van der Waals surface area contributed by atoms with Crippen LogP contribution in [0.1, 0.15) is 53.4 Å². The first kappa shape index (κ1) is 24.7. The van der Waals surface area contributed by atoms with Crippen molar-refractivity contribution in [3.63, 3.8) is 0 Å². The molecule has 2 rings (SSSR count). The molecule has 0 N–H and O–H groups in total. The van der Waals surface area contributed by atoms with Crippen LogP contribution < -0.4 is 24.8 Å². The van der Waals surface area contributed by atoms with E-state index in [9.17, 15) is 0 Å². The van der Waals surface area contributed by atoms with Gasteiger partial charge in [0.25, 0.3) is 0 Å². The first-order valence-corrected chi connectivity index (χ1v) is 10.5. The molecule has 0 aliphatic heterocycles. The van der Waals surface area contributed by atoms with Crippen LogP contribution in [-0.4, -0.2) is 8.07 Å². The minimum absolute atomic E-state index is 0. The Morgan fingerprint density at radius 2 is 1.14 bits per heavy atom. The Hall–Kier alpha value is 0.471. The van der Waals surface area contributed by atoms with E-state index in [1.807, 2.05) is 0 Å². The van der Waals surface area contributed by atoms with Crippen molar-refractivity contribution in [2.45, 2.75) is 66.5 Å². The maximum absolute atomic E-state index is 3.60. The van der Waals surface area contributed by atoms with Crippen molar-refractivity contribution in [3.8, 4) is 0 Å². The van der Waals surface area contributed by atoms with Crippen LogP contribution in [0.25, 0.3) is 0 Å². The molecule has 0 saturated carbocycles. The van der Waals surface area contributed by atoms with Crippen LogP contribution in [0.4, 0.5) is 0 Å². The number of allylic oxidation sites excluding steroid dienone is 8. The average Bonchev–Trinajstić information content (AvgIpc) is 2.92. The minimum Gasteiger partial charge on any atom is -1.00 e. The molecule has 120 valence electrons. The van der Waals surface area contributed by atoms with Gasteiger partial charge in [0.15, 0.2) is 0 Å². The SMILES string of the molecule is CCC1=[C-]CC([Si](C)(C)C2=C(C)C(CC)=[C-]C2)=C1C.[Cl-].[Cl-].[Ti+4]. The van der Waals surface area contributed by atoms with Gasteiger partial charge in [0, 0.05) is 0 Å². The molecule has 0 spiro atoms. The maximum atomic E-state index is 3.60. The molecule has 0 fully saturated rings. The molecule has 0 aromatic carbocycles. The second-order valence-electron chi connectivity index (χ2n) is 6.20. The molecule has 0 amide bonds. The van der Waals surface area contributed by atoms with Gasteiger partial charge in [-0.05, 0) is 0 Å². The molecule has 2 aliphatic rings. The molecular formula is C18H26Cl2SiTi. The van der Waals surface area contributed by atoms with Gasteiger partial charge < -0.3 is 24.8 Å². The Labute approximate surface area is 165 Å². The summed E-state index contributed by atoms with van der Waals surface area (Å²) in [4.78, 5) is 0. The van der Waals surface area contributed by atoms with E-state index in [0.717, 1.165) is 25.7 Å². The van der Waals surface area contributed by atoms with E-state index in [1.54, 1.807) is 21.5 Å². The molecule has 2 aliphatic carbocycles. The summed E-state index contributed by atoms with van der Waals surface area (Å²) in [5, 5.41) is 3.41. The van der Waals surface area contributed by atoms with E-state index >= 15 is 0 Å². The molecule has 0 saturated heterocycles. The summed E-state index contributed by atoms with van der Waals surface area (Å²) in [7, 11) is -1.49. The Balaban J connectivity index is 0. The van der Waals surface area contributed by atoms with Crippen molar-refractivity contribution < 1.29 is 46.5 Å². The summed E-state index contributed by atoms with van der Waals surface area (Å²) >= 11 is 0. The van der Waals surface area contributed by atoms with Gasteiger partial charge in [0.05, 0.1) is 8.07 Å². The van der Waals surface area contributed by atoms with Gasteiger partial charge in [-0.3, -0.25) is 12.2 Å². The van der Waals surface area contributed by atoms with Gasteiger partial charge in [-0.25, -0.2) is 22.3 Å². The fourth-order valence-corrected chi connectivity index (χ4v) is 7.23. The van der Waals surface area contributed by atoms with Crippen LogP contribution >= 0.6 is 0 Å². The third-order valence-electron chi connectivity index (χ3n) is 4.98. The van der Waals surface area contributed by atoms with Gasteiger partial charge in [-0.15, -0.1) is 26.7 Å². The van der Waals surface area contributed by atoms with E-state index in [2.05, 4.69) is 52.9 Å². The average molecular weight is 389 g/mol. The van der Waals surface area contributed by atoms with Gasteiger partial charge in [-0.2, -0.15) is 10.4 Å². The maximum Gasteiger partial charge on any atom is 4.00 e. The largest absolute Gasteiger partial charge is 4.00 e. The fraction of sp³-hybridized carbons (Fsp3) is 0.556. The molecule has 0 atom stereocenters. The van der Waals surface area contributed by atoms with Crippen molar-refractivity contribution in [2.24, 2.45) is 0 Å². The standard InChI is InChI=1S/C18H26Si.2ClH.Ti/c1-7-15-9-11-17(13(15)3)19(5,6)18-12-10-16(8-2)14(18)4;;;/h7-8,11-12H2,1-6H3;2*1H;/q-2;;;+4/p-2. The predicted octanol–water partition coefficient (Wildman–Crippen LogP) is -0.502. The zero-order valence-corrected chi connectivity index (χ0v) is 18.7. The van der Waals surface area contributed by atoms with Crippen molar-refractivity contribution in [1.82, 2.24) is 0 Å². The number of hydrogen-bond acceptors (Lipinski definition) is 0. The van der Waals surface area contributed by atoms with Crippen LogP contribution in [-0.2, 0) is 21.7 Å². The van der Waals surface area contributed by atoms with Crippen LogP contribution in [0, 0.1) is 12.2 Å². The van der Waals surface area contributed by atoms with Crippen molar-refractivity contribution in [1.29, 1.82) is 0 Å². The minimum atomic E-state index is -1.49. The second kappa shape index (κ2) is 9.69. The molecule has 0 aromatic heterocycles. The van der Waals surface area contributed by atoms with Gasteiger partial charge in [0.2, 0.25) is 0 Å². The molecule has 0 heterocycles. The first-order chi connectivity index (χ1) is 8.93. The predicted molar refractivity (Wildman–Crippen MR) is 86.2 cm³/mol. The Morgan fingerprint density at radius 3 is 1.36 bits per heavy atom. The smallest absolute Gasteiger partial charge is 1.00 e. The van der Waals surface area contributed by atoms with E-state index in [0.29, 0.717) is 0 Å². The molecule has 0 bridgehead atoms. The summed E-state index contributed by atoms with van der Waals surface area (Å²) in [5.74, 6) is 0. The van der Waals surface area contributed by atoms with Crippen LogP contribution in [0.5, 0.6) is 0 Å². The van der Waals surface area contributed by atoms with Crippen LogP contribution in [0.2, 0.25) is 13.1 Å². The normalized spacial score (nSPS) is 17.5. The third-order valence-corrected chi connectivity index (χ3v) is 9.11.